The van der Waals surface area contributed by atoms with Crippen molar-refractivity contribution < 1.29 is 14.9 Å². The van der Waals surface area contributed by atoms with Crippen LogP contribution in [-0.2, 0) is 4.74 Å². The van der Waals surface area contributed by atoms with Crippen LogP contribution in [0.4, 0.5) is 0 Å². The molecule has 0 radical (unpaired) electrons. The molecule has 102 valence electrons. The Labute approximate surface area is 104 Å². The Morgan fingerprint density at radius 1 is 1.35 bits per heavy atom. The molecule has 4 nitrogen and oxygen atoms in total. The zero-order valence-electron chi connectivity index (χ0n) is 11.1. The summed E-state index contributed by atoms with van der Waals surface area (Å²) in [7, 11) is 0. The lowest BCUT2D eigenvalue weighted by atomic mass is 10.0. The lowest BCUT2D eigenvalue weighted by molar-refractivity contribution is 0.0300. The molecule has 0 aromatic carbocycles. The fourth-order valence-electron chi connectivity index (χ4n) is 1.81. The van der Waals surface area contributed by atoms with Crippen LogP contribution in [0.25, 0.3) is 0 Å². The average Bonchev–Trinajstić information content (AvgIpc) is 3.07. The predicted octanol–water partition coefficient (Wildman–Crippen LogP) is 0.770. The van der Waals surface area contributed by atoms with Crippen LogP contribution in [0.3, 0.4) is 0 Å². The van der Waals surface area contributed by atoms with Gasteiger partial charge in [0.05, 0.1) is 12.7 Å². The van der Waals surface area contributed by atoms with Gasteiger partial charge in [0.15, 0.2) is 0 Å². The second-order valence-corrected chi connectivity index (χ2v) is 5.41. The molecule has 1 fully saturated rings. The molecule has 0 spiro atoms. The van der Waals surface area contributed by atoms with Gasteiger partial charge in [0.1, 0.15) is 0 Å². The monoisotopic (exact) mass is 245 g/mol. The van der Waals surface area contributed by atoms with E-state index < -0.39 is 6.10 Å². The van der Waals surface area contributed by atoms with E-state index in [-0.39, 0.29) is 12.6 Å². The van der Waals surface area contributed by atoms with Crippen LogP contribution in [0.1, 0.15) is 33.1 Å². The van der Waals surface area contributed by atoms with Gasteiger partial charge in [-0.05, 0) is 31.1 Å². The smallest absolute Gasteiger partial charge is 0.0897 e. The molecule has 0 heterocycles. The van der Waals surface area contributed by atoms with Crippen molar-refractivity contribution in [3.63, 3.8) is 0 Å². The Hall–Kier alpha value is -0.160. The summed E-state index contributed by atoms with van der Waals surface area (Å²) in [4.78, 5) is 0. The van der Waals surface area contributed by atoms with Crippen molar-refractivity contribution in [2.24, 2.45) is 11.8 Å². The number of aliphatic hydroxyl groups is 2. The van der Waals surface area contributed by atoms with Gasteiger partial charge in [0.2, 0.25) is 0 Å². The number of hydrogen-bond acceptors (Lipinski definition) is 4. The first-order chi connectivity index (χ1) is 8.13. The van der Waals surface area contributed by atoms with E-state index in [1.165, 1.54) is 12.8 Å². The minimum atomic E-state index is -0.450. The number of rotatable bonds is 10. The first-order valence-corrected chi connectivity index (χ1v) is 6.73. The van der Waals surface area contributed by atoms with Crippen LogP contribution in [0.15, 0.2) is 0 Å². The first kappa shape index (κ1) is 14.9. The molecule has 1 aliphatic carbocycles. The Bertz CT molecular complexity index is 195. The fourth-order valence-corrected chi connectivity index (χ4v) is 1.81. The van der Waals surface area contributed by atoms with Crippen LogP contribution < -0.4 is 5.32 Å². The molecule has 4 heteroatoms. The molecule has 0 aromatic heterocycles. The molecule has 0 bridgehead atoms. The summed E-state index contributed by atoms with van der Waals surface area (Å²) in [6.07, 6.45) is 2.84. The zero-order valence-corrected chi connectivity index (χ0v) is 11.1. The third-order valence-electron chi connectivity index (χ3n) is 3.22. The van der Waals surface area contributed by atoms with E-state index in [1.807, 2.05) is 0 Å². The van der Waals surface area contributed by atoms with Crippen molar-refractivity contribution in [3.8, 4) is 0 Å². The van der Waals surface area contributed by atoms with Crippen LogP contribution in [0, 0.1) is 11.8 Å². The molecule has 0 saturated heterocycles. The third kappa shape index (κ3) is 6.99. The van der Waals surface area contributed by atoms with Gasteiger partial charge in [-0.2, -0.15) is 0 Å². The number of aliphatic hydroxyl groups excluding tert-OH is 2. The molecule has 1 saturated carbocycles. The maximum Gasteiger partial charge on any atom is 0.0897 e. The average molecular weight is 245 g/mol. The highest BCUT2D eigenvalue weighted by Gasteiger charge is 2.21. The molecular weight excluding hydrogens is 218 g/mol. The lowest BCUT2D eigenvalue weighted by Gasteiger charge is -2.23. The van der Waals surface area contributed by atoms with Gasteiger partial charge >= 0.3 is 0 Å². The second kappa shape index (κ2) is 8.03. The summed E-state index contributed by atoms with van der Waals surface area (Å²) < 4.78 is 5.43. The van der Waals surface area contributed by atoms with E-state index in [4.69, 9.17) is 9.84 Å². The van der Waals surface area contributed by atoms with E-state index >= 15 is 0 Å². The first-order valence-electron chi connectivity index (χ1n) is 6.73. The summed E-state index contributed by atoms with van der Waals surface area (Å²) in [5.74, 6) is 1.20. The summed E-state index contributed by atoms with van der Waals surface area (Å²) in [6, 6.07) is 0.262. The van der Waals surface area contributed by atoms with Crippen molar-refractivity contribution in [3.05, 3.63) is 0 Å². The Morgan fingerprint density at radius 2 is 2.06 bits per heavy atom. The molecule has 2 unspecified atom stereocenters. The van der Waals surface area contributed by atoms with Crippen LogP contribution in [0.2, 0.25) is 0 Å². The van der Waals surface area contributed by atoms with E-state index in [0.717, 1.165) is 18.9 Å². The summed E-state index contributed by atoms with van der Waals surface area (Å²) in [5, 5.41) is 21.9. The molecule has 0 amide bonds. The van der Waals surface area contributed by atoms with Crippen molar-refractivity contribution in [1.82, 2.24) is 5.32 Å². The lowest BCUT2D eigenvalue weighted by Crippen LogP contribution is -2.40. The predicted molar refractivity (Wildman–Crippen MR) is 67.9 cm³/mol. The van der Waals surface area contributed by atoms with Gasteiger partial charge in [-0.3, -0.25) is 0 Å². The second-order valence-electron chi connectivity index (χ2n) is 5.41. The maximum atomic E-state index is 9.73. The SMILES string of the molecule is CC(C)C(CCO)NCC(O)COCC1CC1. The molecular formula is C13H27NO3. The van der Waals surface area contributed by atoms with Gasteiger partial charge in [0, 0.05) is 25.8 Å². The van der Waals surface area contributed by atoms with E-state index in [0.29, 0.717) is 19.1 Å². The van der Waals surface area contributed by atoms with Crippen LogP contribution in [0.5, 0.6) is 0 Å². The van der Waals surface area contributed by atoms with Crippen molar-refractivity contribution in [2.45, 2.75) is 45.3 Å². The molecule has 3 N–H and O–H groups in total. The normalized spacial score (nSPS) is 19.6. The summed E-state index contributed by atoms with van der Waals surface area (Å²) in [6.45, 7) is 6.15. The highest BCUT2D eigenvalue weighted by atomic mass is 16.5. The Morgan fingerprint density at radius 3 is 2.59 bits per heavy atom. The molecule has 0 aliphatic heterocycles. The molecule has 1 rings (SSSR count). The number of ether oxygens (including phenoxy) is 1. The van der Waals surface area contributed by atoms with Gasteiger partial charge < -0.3 is 20.3 Å². The summed E-state index contributed by atoms with van der Waals surface area (Å²) >= 11 is 0. The quantitative estimate of drug-likeness (QED) is 0.532. The van der Waals surface area contributed by atoms with E-state index in [1.54, 1.807) is 0 Å². The zero-order chi connectivity index (χ0) is 12.7. The van der Waals surface area contributed by atoms with E-state index in [2.05, 4.69) is 19.2 Å². The van der Waals surface area contributed by atoms with Crippen molar-refractivity contribution >= 4 is 0 Å². The van der Waals surface area contributed by atoms with Gasteiger partial charge in [-0.1, -0.05) is 13.8 Å². The highest BCUT2D eigenvalue weighted by Crippen LogP contribution is 2.28. The van der Waals surface area contributed by atoms with E-state index in [9.17, 15) is 5.11 Å². The minimum Gasteiger partial charge on any atom is -0.396 e. The van der Waals surface area contributed by atoms with Gasteiger partial charge in [0.25, 0.3) is 0 Å². The van der Waals surface area contributed by atoms with Gasteiger partial charge in [-0.25, -0.2) is 0 Å². The molecule has 17 heavy (non-hydrogen) atoms. The third-order valence-corrected chi connectivity index (χ3v) is 3.22. The van der Waals surface area contributed by atoms with Crippen LogP contribution in [-0.4, -0.2) is 48.7 Å². The highest BCUT2D eigenvalue weighted by molar-refractivity contribution is 4.74. The largest absolute Gasteiger partial charge is 0.396 e. The molecule has 0 aromatic rings. The van der Waals surface area contributed by atoms with Gasteiger partial charge in [-0.15, -0.1) is 0 Å². The maximum absolute atomic E-state index is 9.73. The standard InChI is InChI=1S/C13H27NO3/c1-10(2)13(5-6-15)14-7-12(16)9-17-8-11-3-4-11/h10-16H,3-9H2,1-2H3. The number of hydrogen-bond donors (Lipinski definition) is 3. The van der Waals surface area contributed by atoms with Crippen molar-refractivity contribution in [2.75, 3.05) is 26.4 Å². The number of nitrogens with one attached hydrogen (secondary N) is 1. The fraction of sp³-hybridized carbons (Fsp3) is 1.00. The summed E-state index contributed by atoms with van der Waals surface area (Å²) in [5.41, 5.74) is 0. The topological polar surface area (TPSA) is 61.7 Å². The molecule has 2 atom stereocenters. The Balaban J connectivity index is 2.04. The minimum absolute atomic E-state index is 0.185. The van der Waals surface area contributed by atoms with Crippen molar-refractivity contribution in [1.29, 1.82) is 0 Å². The Kier molecular flexibility index (Phi) is 7.04. The molecule has 1 aliphatic rings. The van der Waals surface area contributed by atoms with Crippen LogP contribution >= 0.6 is 0 Å².